The van der Waals surface area contributed by atoms with E-state index in [4.69, 9.17) is 4.74 Å². The first-order valence-corrected chi connectivity index (χ1v) is 9.34. The van der Waals surface area contributed by atoms with Crippen LogP contribution in [0.3, 0.4) is 0 Å². The molecule has 0 amide bonds. The second kappa shape index (κ2) is 7.01. The molecule has 1 aromatic carbocycles. The summed E-state index contributed by atoms with van der Waals surface area (Å²) in [5.74, 6) is 0.573. The highest BCUT2D eigenvalue weighted by Crippen LogP contribution is 2.30. The lowest BCUT2D eigenvalue weighted by atomic mass is 10.1. The molecule has 1 aliphatic heterocycles. The highest BCUT2D eigenvalue weighted by Gasteiger charge is 2.17. The van der Waals surface area contributed by atoms with E-state index in [9.17, 15) is 0 Å². The van der Waals surface area contributed by atoms with E-state index >= 15 is 0 Å². The first-order valence-electron chi connectivity index (χ1n) is 8.46. The van der Waals surface area contributed by atoms with Gasteiger partial charge in [0.25, 0.3) is 0 Å². The Morgan fingerprint density at radius 3 is 3.21 bits per heavy atom. The van der Waals surface area contributed by atoms with Crippen molar-refractivity contribution < 1.29 is 4.74 Å². The number of ether oxygens (including phenoxy) is 1. The lowest BCUT2D eigenvalue weighted by Gasteiger charge is -2.12. The van der Waals surface area contributed by atoms with E-state index in [0.29, 0.717) is 5.92 Å². The molecule has 2 aromatic heterocycles. The van der Waals surface area contributed by atoms with Crippen molar-refractivity contribution in [2.24, 2.45) is 5.92 Å². The number of thiophene rings is 1. The minimum atomic E-state index is 0.287. The van der Waals surface area contributed by atoms with Crippen molar-refractivity contribution >= 4 is 21.4 Å². The van der Waals surface area contributed by atoms with Crippen LogP contribution in [0, 0.1) is 5.92 Å². The molecular weight excluding hydrogens is 320 g/mol. The van der Waals surface area contributed by atoms with Gasteiger partial charge in [-0.3, -0.25) is 4.68 Å². The van der Waals surface area contributed by atoms with Crippen LogP contribution in [-0.2, 0) is 17.8 Å². The number of nitrogens with zero attached hydrogens (tertiary/aromatic N) is 3. The maximum absolute atomic E-state index is 5.42. The van der Waals surface area contributed by atoms with Gasteiger partial charge < -0.3 is 10.1 Å². The summed E-state index contributed by atoms with van der Waals surface area (Å²) in [6.45, 7) is 5.55. The summed E-state index contributed by atoms with van der Waals surface area (Å²) in [4.78, 5) is 0. The van der Waals surface area contributed by atoms with Crippen LogP contribution < -0.4 is 5.32 Å². The highest BCUT2D eigenvalue weighted by molar-refractivity contribution is 7.17. The number of rotatable bonds is 6. The molecule has 24 heavy (non-hydrogen) atoms. The molecule has 0 saturated carbocycles. The molecule has 1 N–H and O–H groups in total. The van der Waals surface area contributed by atoms with E-state index in [-0.39, 0.29) is 6.04 Å². The van der Waals surface area contributed by atoms with E-state index in [1.165, 1.54) is 15.6 Å². The van der Waals surface area contributed by atoms with Gasteiger partial charge in [-0.1, -0.05) is 23.4 Å². The van der Waals surface area contributed by atoms with Crippen molar-refractivity contribution in [1.82, 2.24) is 20.3 Å². The topological polar surface area (TPSA) is 52.0 Å². The predicted molar refractivity (Wildman–Crippen MR) is 96.0 cm³/mol. The number of aromatic nitrogens is 3. The molecule has 0 aliphatic carbocycles. The summed E-state index contributed by atoms with van der Waals surface area (Å²) in [7, 11) is 0. The number of hydrogen-bond donors (Lipinski definition) is 1. The van der Waals surface area contributed by atoms with Crippen LogP contribution in [0.4, 0.5) is 0 Å². The van der Waals surface area contributed by atoms with Crippen molar-refractivity contribution in [3.8, 4) is 0 Å². The van der Waals surface area contributed by atoms with Crippen molar-refractivity contribution in [2.75, 3.05) is 13.2 Å². The predicted octanol–water partition coefficient (Wildman–Crippen LogP) is 3.38. The van der Waals surface area contributed by atoms with E-state index in [1.54, 1.807) is 11.3 Å². The number of benzene rings is 1. The molecule has 1 fully saturated rings. The fourth-order valence-corrected chi connectivity index (χ4v) is 4.26. The van der Waals surface area contributed by atoms with Crippen LogP contribution in [0.1, 0.15) is 30.6 Å². The number of fused-ring (bicyclic) bond motifs is 1. The summed E-state index contributed by atoms with van der Waals surface area (Å²) in [5, 5.41) is 15.7. The Hall–Kier alpha value is -1.76. The molecule has 0 bridgehead atoms. The summed E-state index contributed by atoms with van der Waals surface area (Å²) in [6.07, 6.45) is 3.17. The normalized spacial score (nSPS) is 19.1. The van der Waals surface area contributed by atoms with Crippen LogP contribution in [0.5, 0.6) is 0 Å². The van der Waals surface area contributed by atoms with Gasteiger partial charge in [-0.15, -0.1) is 16.4 Å². The number of hydrogen-bond acceptors (Lipinski definition) is 5. The van der Waals surface area contributed by atoms with Gasteiger partial charge in [-0.05, 0) is 35.7 Å². The molecular formula is C18H22N4OS. The second-order valence-electron chi connectivity index (χ2n) is 6.45. The van der Waals surface area contributed by atoms with Crippen LogP contribution in [0.2, 0.25) is 0 Å². The quantitative estimate of drug-likeness (QED) is 0.746. The van der Waals surface area contributed by atoms with Gasteiger partial charge in [0.15, 0.2) is 0 Å². The standard InChI is InChI=1S/C18H22N4OS/c1-13(17-12-24-18-5-3-2-4-16(17)18)19-8-15-10-22(21-20-15)9-14-6-7-23-11-14/h2-5,10,12-14,19H,6-9,11H2,1H3. The van der Waals surface area contributed by atoms with Gasteiger partial charge in [-0.25, -0.2) is 0 Å². The van der Waals surface area contributed by atoms with Crippen LogP contribution in [0.15, 0.2) is 35.8 Å². The molecule has 3 heterocycles. The van der Waals surface area contributed by atoms with Gasteiger partial charge >= 0.3 is 0 Å². The molecule has 1 aliphatic rings. The summed E-state index contributed by atoms with van der Waals surface area (Å²) >= 11 is 1.80. The molecule has 0 radical (unpaired) electrons. The first kappa shape index (κ1) is 15.7. The van der Waals surface area contributed by atoms with Gasteiger partial charge in [0.05, 0.1) is 12.3 Å². The van der Waals surface area contributed by atoms with Gasteiger partial charge in [0.2, 0.25) is 0 Å². The van der Waals surface area contributed by atoms with E-state index < -0.39 is 0 Å². The van der Waals surface area contributed by atoms with Crippen LogP contribution in [-0.4, -0.2) is 28.2 Å². The molecule has 2 unspecified atom stereocenters. The Labute approximate surface area is 145 Å². The fourth-order valence-electron chi connectivity index (χ4n) is 3.20. The Kier molecular flexibility index (Phi) is 4.60. The van der Waals surface area contributed by atoms with Gasteiger partial charge in [-0.2, -0.15) is 0 Å². The monoisotopic (exact) mass is 342 g/mol. The zero-order valence-corrected chi connectivity index (χ0v) is 14.6. The summed E-state index contributed by atoms with van der Waals surface area (Å²) < 4.78 is 8.70. The third-order valence-corrected chi connectivity index (χ3v) is 5.60. The molecule has 2 atom stereocenters. The minimum absolute atomic E-state index is 0.287. The lowest BCUT2D eigenvalue weighted by molar-refractivity contribution is 0.181. The Bertz CT molecular complexity index is 806. The van der Waals surface area contributed by atoms with Crippen LogP contribution >= 0.6 is 11.3 Å². The van der Waals surface area contributed by atoms with Crippen molar-refractivity contribution in [3.05, 3.63) is 47.1 Å². The molecule has 1 saturated heterocycles. The molecule has 6 heteroatoms. The molecule has 5 nitrogen and oxygen atoms in total. The summed E-state index contributed by atoms with van der Waals surface area (Å²) in [5.41, 5.74) is 2.34. The van der Waals surface area contributed by atoms with E-state index in [0.717, 1.165) is 38.4 Å². The Balaban J connectivity index is 1.37. The van der Waals surface area contributed by atoms with Crippen molar-refractivity contribution in [1.29, 1.82) is 0 Å². The second-order valence-corrected chi connectivity index (χ2v) is 7.36. The first-order chi connectivity index (χ1) is 11.8. The van der Waals surface area contributed by atoms with Crippen molar-refractivity contribution in [2.45, 2.75) is 32.5 Å². The lowest BCUT2D eigenvalue weighted by Crippen LogP contribution is -2.18. The molecule has 126 valence electrons. The third kappa shape index (κ3) is 3.36. The smallest absolute Gasteiger partial charge is 0.0965 e. The maximum atomic E-state index is 5.42. The Morgan fingerprint density at radius 1 is 1.42 bits per heavy atom. The van der Waals surface area contributed by atoms with Gasteiger partial charge in [0, 0.05) is 42.6 Å². The highest BCUT2D eigenvalue weighted by atomic mass is 32.1. The van der Waals surface area contributed by atoms with Crippen LogP contribution in [0.25, 0.3) is 10.1 Å². The fraction of sp³-hybridized carbons (Fsp3) is 0.444. The SMILES string of the molecule is CC(NCc1cn(CC2CCOC2)nn1)c1csc2ccccc12. The molecule has 4 rings (SSSR count). The van der Waals surface area contributed by atoms with E-state index in [2.05, 4.69) is 52.2 Å². The Morgan fingerprint density at radius 2 is 2.33 bits per heavy atom. The average molecular weight is 342 g/mol. The largest absolute Gasteiger partial charge is 0.381 e. The minimum Gasteiger partial charge on any atom is -0.381 e. The molecule has 3 aromatic rings. The average Bonchev–Trinajstić information content (AvgIpc) is 3.34. The number of nitrogens with one attached hydrogen (secondary N) is 1. The zero-order valence-electron chi connectivity index (χ0n) is 13.8. The van der Waals surface area contributed by atoms with E-state index in [1.807, 2.05) is 10.9 Å². The third-order valence-electron chi connectivity index (χ3n) is 4.62. The summed E-state index contributed by atoms with van der Waals surface area (Å²) in [6, 6.07) is 8.85. The van der Waals surface area contributed by atoms with Crippen molar-refractivity contribution in [3.63, 3.8) is 0 Å². The van der Waals surface area contributed by atoms with Gasteiger partial charge in [0.1, 0.15) is 0 Å². The zero-order chi connectivity index (χ0) is 16.4. The maximum Gasteiger partial charge on any atom is 0.0965 e. The molecule has 0 spiro atoms.